The van der Waals surface area contributed by atoms with Crippen molar-refractivity contribution in [3.05, 3.63) is 54.1 Å². The van der Waals surface area contributed by atoms with Gasteiger partial charge < -0.3 is 15.5 Å². The molecule has 0 aromatic heterocycles. The summed E-state index contributed by atoms with van der Waals surface area (Å²) in [5.41, 5.74) is 3.29. The van der Waals surface area contributed by atoms with Crippen LogP contribution in [0.2, 0.25) is 0 Å². The van der Waals surface area contributed by atoms with Crippen LogP contribution in [0.5, 0.6) is 5.75 Å². The molecular weight excluding hydrogens is 312 g/mol. The molecule has 2 rings (SSSR count). The Morgan fingerprint density at radius 1 is 1.04 bits per heavy atom. The first-order valence-corrected chi connectivity index (χ1v) is 7.24. The third-order valence-electron chi connectivity index (χ3n) is 3.49. The highest BCUT2D eigenvalue weighted by atomic mass is 16.5. The van der Waals surface area contributed by atoms with Crippen molar-refractivity contribution < 1.29 is 25.0 Å². The molecule has 0 unspecified atom stereocenters. The van der Waals surface area contributed by atoms with E-state index in [9.17, 15) is 19.8 Å². The van der Waals surface area contributed by atoms with Gasteiger partial charge in [-0.15, -0.1) is 0 Å². The van der Waals surface area contributed by atoms with Gasteiger partial charge in [0.2, 0.25) is 0 Å². The van der Waals surface area contributed by atoms with Crippen LogP contribution in [-0.4, -0.2) is 39.4 Å². The number of benzene rings is 2. The molecule has 2 aromatic rings. The molecule has 0 fully saturated rings. The maximum Gasteiger partial charge on any atom is 0.268 e. The number of aliphatic hydroxyl groups excluding tert-OH is 1. The number of aliphatic hydroxyl groups is 1. The molecule has 0 aliphatic heterocycles. The summed E-state index contributed by atoms with van der Waals surface area (Å²) in [6.45, 7) is 1.32. The van der Waals surface area contributed by atoms with Crippen molar-refractivity contribution >= 4 is 11.8 Å². The Bertz CT molecular complexity index is 728. The molecule has 2 amide bonds. The maximum atomic E-state index is 12.2. The molecule has 0 spiro atoms. The van der Waals surface area contributed by atoms with Gasteiger partial charge in [0.05, 0.1) is 6.10 Å². The predicted molar refractivity (Wildman–Crippen MR) is 86.4 cm³/mol. The molecular formula is C17H18N2O5. The quantitative estimate of drug-likeness (QED) is 0.415. The van der Waals surface area contributed by atoms with Gasteiger partial charge in [0.1, 0.15) is 11.8 Å². The van der Waals surface area contributed by atoms with E-state index in [1.807, 2.05) is 6.07 Å². The van der Waals surface area contributed by atoms with Crippen molar-refractivity contribution in [2.75, 3.05) is 0 Å². The predicted octanol–water partition coefficient (Wildman–Crippen LogP) is 1.04. The first-order chi connectivity index (χ1) is 11.4. The third-order valence-corrected chi connectivity index (χ3v) is 3.49. The minimum Gasteiger partial charge on any atom is -0.508 e. The van der Waals surface area contributed by atoms with Gasteiger partial charge in [-0.2, -0.15) is 0 Å². The molecule has 126 valence electrons. The van der Waals surface area contributed by atoms with E-state index < -0.39 is 24.0 Å². The lowest BCUT2D eigenvalue weighted by Gasteiger charge is -2.19. The molecule has 0 radical (unpaired) electrons. The summed E-state index contributed by atoms with van der Waals surface area (Å²) < 4.78 is 0. The third kappa shape index (κ3) is 4.09. The smallest absolute Gasteiger partial charge is 0.268 e. The van der Waals surface area contributed by atoms with E-state index in [0.29, 0.717) is 0 Å². The molecule has 2 atom stereocenters. The summed E-state index contributed by atoms with van der Waals surface area (Å²) in [6.07, 6.45) is -1.17. The summed E-state index contributed by atoms with van der Waals surface area (Å²) in [7, 11) is 0. The Morgan fingerprint density at radius 2 is 1.71 bits per heavy atom. The maximum absolute atomic E-state index is 12.2. The monoisotopic (exact) mass is 330 g/mol. The van der Waals surface area contributed by atoms with E-state index in [2.05, 4.69) is 5.32 Å². The summed E-state index contributed by atoms with van der Waals surface area (Å²) in [5.74, 6) is -1.33. The average molecular weight is 330 g/mol. The number of hydrogen-bond donors (Lipinski definition) is 5. The minimum atomic E-state index is -1.27. The molecule has 0 aliphatic rings. The van der Waals surface area contributed by atoms with Crippen molar-refractivity contribution in [2.45, 2.75) is 19.1 Å². The zero-order valence-corrected chi connectivity index (χ0v) is 12.9. The first kappa shape index (κ1) is 17.5. The van der Waals surface area contributed by atoms with Crippen LogP contribution in [0.25, 0.3) is 11.1 Å². The Morgan fingerprint density at radius 3 is 2.25 bits per heavy atom. The summed E-state index contributed by atoms with van der Waals surface area (Å²) >= 11 is 0. The van der Waals surface area contributed by atoms with E-state index in [0.717, 1.165) is 11.1 Å². The Kier molecular flexibility index (Phi) is 5.51. The van der Waals surface area contributed by atoms with Gasteiger partial charge in [-0.05, 0) is 42.3 Å². The number of phenolic OH excluding ortho intramolecular Hbond substituents is 1. The Hall–Kier alpha value is -2.90. The second kappa shape index (κ2) is 7.58. The fourth-order valence-electron chi connectivity index (χ4n) is 2.20. The standard InChI is InChI=1S/C17H18N2O5/c1-10(20)15(17(23)19-24)18-16(22)12-7-5-11(6-8-12)13-3-2-4-14(21)9-13/h2-10,15,20-21,24H,1H3,(H,18,22)(H,19,23)/t10-,15+/m1/s1. The zero-order valence-electron chi connectivity index (χ0n) is 12.9. The lowest BCUT2D eigenvalue weighted by atomic mass is 10.0. The Labute approximate surface area is 138 Å². The first-order valence-electron chi connectivity index (χ1n) is 7.24. The van der Waals surface area contributed by atoms with Crippen LogP contribution in [0.1, 0.15) is 17.3 Å². The molecule has 5 N–H and O–H groups in total. The van der Waals surface area contributed by atoms with E-state index >= 15 is 0 Å². The van der Waals surface area contributed by atoms with Gasteiger partial charge in [-0.1, -0.05) is 24.3 Å². The van der Waals surface area contributed by atoms with Crippen molar-refractivity contribution in [2.24, 2.45) is 0 Å². The number of nitrogens with one attached hydrogen (secondary N) is 2. The molecule has 7 nitrogen and oxygen atoms in total. The van der Waals surface area contributed by atoms with Gasteiger partial charge in [0, 0.05) is 5.56 Å². The van der Waals surface area contributed by atoms with Crippen LogP contribution in [-0.2, 0) is 4.79 Å². The summed E-state index contributed by atoms with van der Waals surface area (Å²) in [6, 6.07) is 12.0. The number of hydrogen-bond acceptors (Lipinski definition) is 5. The highest BCUT2D eigenvalue weighted by Gasteiger charge is 2.25. The molecule has 0 saturated heterocycles. The number of aromatic hydroxyl groups is 1. The molecule has 0 heterocycles. The lowest BCUT2D eigenvalue weighted by Crippen LogP contribution is -2.51. The number of hydroxylamine groups is 1. The fraction of sp³-hybridized carbons (Fsp3) is 0.176. The number of carbonyl (C=O) groups is 2. The van der Waals surface area contributed by atoms with E-state index in [1.165, 1.54) is 12.4 Å². The SMILES string of the molecule is C[C@@H](O)[C@H](NC(=O)c1ccc(-c2cccc(O)c2)cc1)C(=O)NO. The second-order valence-corrected chi connectivity index (χ2v) is 5.30. The summed E-state index contributed by atoms with van der Waals surface area (Å²) in [5, 5.41) is 30.0. The largest absolute Gasteiger partial charge is 0.508 e. The fourth-order valence-corrected chi connectivity index (χ4v) is 2.20. The Balaban J connectivity index is 2.15. The minimum absolute atomic E-state index is 0.143. The van der Waals surface area contributed by atoms with Crippen molar-refractivity contribution in [3.8, 4) is 16.9 Å². The van der Waals surface area contributed by atoms with Crippen LogP contribution >= 0.6 is 0 Å². The van der Waals surface area contributed by atoms with Gasteiger partial charge >= 0.3 is 0 Å². The van der Waals surface area contributed by atoms with Crippen LogP contribution in [0.4, 0.5) is 0 Å². The molecule has 7 heteroatoms. The second-order valence-electron chi connectivity index (χ2n) is 5.30. The van der Waals surface area contributed by atoms with Crippen molar-refractivity contribution in [1.82, 2.24) is 10.8 Å². The van der Waals surface area contributed by atoms with Gasteiger partial charge in [0.15, 0.2) is 0 Å². The van der Waals surface area contributed by atoms with Gasteiger partial charge in [0.25, 0.3) is 11.8 Å². The van der Waals surface area contributed by atoms with Crippen molar-refractivity contribution in [3.63, 3.8) is 0 Å². The van der Waals surface area contributed by atoms with Gasteiger partial charge in [-0.3, -0.25) is 14.8 Å². The molecule has 0 bridgehead atoms. The van der Waals surface area contributed by atoms with Crippen LogP contribution in [0, 0.1) is 0 Å². The lowest BCUT2D eigenvalue weighted by molar-refractivity contribution is -0.133. The number of rotatable bonds is 5. The van der Waals surface area contributed by atoms with E-state index in [4.69, 9.17) is 5.21 Å². The average Bonchev–Trinajstić information content (AvgIpc) is 2.58. The molecule has 0 aliphatic carbocycles. The summed E-state index contributed by atoms with van der Waals surface area (Å²) in [4.78, 5) is 23.6. The normalized spacial score (nSPS) is 13.0. The number of carbonyl (C=O) groups excluding carboxylic acids is 2. The zero-order chi connectivity index (χ0) is 17.7. The molecule has 24 heavy (non-hydrogen) atoms. The highest BCUT2D eigenvalue weighted by molar-refractivity contribution is 5.97. The van der Waals surface area contributed by atoms with E-state index in [-0.39, 0.29) is 11.3 Å². The van der Waals surface area contributed by atoms with E-state index in [1.54, 1.807) is 42.5 Å². The van der Waals surface area contributed by atoms with Crippen LogP contribution in [0.3, 0.4) is 0 Å². The highest BCUT2D eigenvalue weighted by Crippen LogP contribution is 2.23. The van der Waals surface area contributed by atoms with Crippen LogP contribution < -0.4 is 10.8 Å². The van der Waals surface area contributed by atoms with Crippen LogP contribution in [0.15, 0.2) is 48.5 Å². The van der Waals surface area contributed by atoms with Crippen molar-refractivity contribution in [1.29, 1.82) is 0 Å². The topological polar surface area (TPSA) is 119 Å². The number of phenols is 1. The number of amides is 2. The molecule has 0 saturated carbocycles. The van der Waals surface area contributed by atoms with Gasteiger partial charge in [-0.25, -0.2) is 5.48 Å². The molecule has 2 aromatic carbocycles.